The number of hydrogen-bond acceptors (Lipinski definition) is 4. The number of rotatable bonds is 4. The number of nitrogens with zero attached hydrogens (tertiary/aromatic N) is 1. The van der Waals surface area contributed by atoms with Crippen molar-refractivity contribution in [1.82, 2.24) is 4.90 Å². The summed E-state index contributed by atoms with van der Waals surface area (Å²) in [5.74, 6) is 0.520. The van der Waals surface area contributed by atoms with Crippen LogP contribution in [-0.4, -0.2) is 37.1 Å². The van der Waals surface area contributed by atoms with Gasteiger partial charge < -0.3 is 15.4 Å². The molecule has 1 aromatic rings. The lowest BCUT2D eigenvalue weighted by atomic mass is 10.1. The van der Waals surface area contributed by atoms with Crippen LogP contribution in [0.1, 0.15) is 23.0 Å². The molecule has 1 fully saturated rings. The number of carbonyl (C=O) groups excluding carboxylic acids is 1. The second-order valence-corrected chi connectivity index (χ2v) is 5.19. The Bertz CT molecular complexity index is 386. The highest BCUT2D eigenvalue weighted by Gasteiger charge is 2.23. The first-order chi connectivity index (χ1) is 8.22. The van der Waals surface area contributed by atoms with Crippen LogP contribution >= 0.6 is 11.3 Å². The van der Waals surface area contributed by atoms with E-state index in [0.717, 1.165) is 26.2 Å². The number of nitrogens with two attached hydrogens (primary N) is 1. The number of nitrogen functional groups attached to an aromatic ring is 1. The van der Waals surface area contributed by atoms with Gasteiger partial charge in [0.25, 0.3) is 5.91 Å². The SMILES string of the molecule is CCN(CC1CCOC1)C(=O)c1sccc1N. The van der Waals surface area contributed by atoms with Gasteiger partial charge in [-0.25, -0.2) is 0 Å². The smallest absolute Gasteiger partial charge is 0.266 e. The number of anilines is 1. The molecule has 0 bridgehead atoms. The average molecular weight is 254 g/mol. The second kappa shape index (κ2) is 5.51. The Morgan fingerprint density at radius 3 is 3.06 bits per heavy atom. The van der Waals surface area contributed by atoms with Gasteiger partial charge in [-0.3, -0.25) is 4.79 Å². The molecule has 0 aliphatic carbocycles. The Kier molecular flexibility index (Phi) is 4.02. The summed E-state index contributed by atoms with van der Waals surface area (Å²) >= 11 is 1.41. The molecule has 1 atom stereocenters. The molecule has 0 aromatic carbocycles. The van der Waals surface area contributed by atoms with E-state index >= 15 is 0 Å². The van der Waals surface area contributed by atoms with Gasteiger partial charge in [0.15, 0.2) is 0 Å². The highest BCUT2D eigenvalue weighted by Crippen LogP contribution is 2.22. The van der Waals surface area contributed by atoms with Crippen LogP contribution in [0.4, 0.5) is 5.69 Å². The van der Waals surface area contributed by atoms with Crippen molar-refractivity contribution in [3.8, 4) is 0 Å². The van der Waals surface area contributed by atoms with Crippen molar-refractivity contribution in [2.24, 2.45) is 5.92 Å². The fourth-order valence-corrected chi connectivity index (χ4v) is 2.82. The molecule has 1 aliphatic heterocycles. The van der Waals surface area contributed by atoms with Crippen LogP contribution in [0, 0.1) is 5.92 Å². The van der Waals surface area contributed by atoms with Crippen molar-refractivity contribution in [3.05, 3.63) is 16.3 Å². The zero-order valence-corrected chi connectivity index (χ0v) is 10.8. The molecule has 1 saturated heterocycles. The largest absolute Gasteiger partial charge is 0.397 e. The molecular weight excluding hydrogens is 236 g/mol. The van der Waals surface area contributed by atoms with Crippen molar-refractivity contribution >= 4 is 22.9 Å². The molecule has 4 nitrogen and oxygen atoms in total. The van der Waals surface area contributed by atoms with E-state index in [-0.39, 0.29) is 5.91 Å². The van der Waals surface area contributed by atoms with Gasteiger partial charge in [-0.15, -0.1) is 11.3 Å². The van der Waals surface area contributed by atoms with Gasteiger partial charge in [0.05, 0.1) is 12.3 Å². The van der Waals surface area contributed by atoms with Gasteiger partial charge in [-0.2, -0.15) is 0 Å². The second-order valence-electron chi connectivity index (χ2n) is 4.28. The summed E-state index contributed by atoms with van der Waals surface area (Å²) in [6.07, 6.45) is 1.05. The molecule has 1 aromatic heterocycles. The van der Waals surface area contributed by atoms with Gasteiger partial charge >= 0.3 is 0 Å². The average Bonchev–Trinajstić information content (AvgIpc) is 2.96. The van der Waals surface area contributed by atoms with E-state index < -0.39 is 0 Å². The predicted octanol–water partition coefficient (Wildman–Crippen LogP) is 1.83. The maximum absolute atomic E-state index is 12.3. The summed E-state index contributed by atoms with van der Waals surface area (Å²) in [6.45, 7) is 5.07. The first-order valence-corrected chi connectivity index (χ1v) is 6.80. The molecule has 2 rings (SSSR count). The van der Waals surface area contributed by atoms with Crippen LogP contribution < -0.4 is 5.73 Å². The van der Waals surface area contributed by atoms with E-state index in [1.165, 1.54) is 11.3 Å². The number of amides is 1. The number of carbonyl (C=O) groups is 1. The molecule has 5 heteroatoms. The van der Waals surface area contributed by atoms with E-state index in [2.05, 4.69) is 0 Å². The molecule has 1 amide bonds. The first-order valence-electron chi connectivity index (χ1n) is 5.92. The van der Waals surface area contributed by atoms with Crippen molar-refractivity contribution < 1.29 is 9.53 Å². The number of hydrogen-bond donors (Lipinski definition) is 1. The Balaban J connectivity index is 2.02. The van der Waals surface area contributed by atoms with Gasteiger partial charge in [0.2, 0.25) is 0 Å². The fraction of sp³-hybridized carbons (Fsp3) is 0.583. The lowest BCUT2D eigenvalue weighted by Gasteiger charge is -2.23. The van der Waals surface area contributed by atoms with Crippen LogP contribution in [0.25, 0.3) is 0 Å². The molecule has 1 aliphatic rings. The lowest BCUT2D eigenvalue weighted by molar-refractivity contribution is 0.0736. The van der Waals surface area contributed by atoms with E-state index in [1.54, 1.807) is 6.07 Å². The molecular formula is C12H18N2O2S. The minimum Gasteiger partial charge on any atom is -0.397 e. The Morgan fingerprint density at radius 2 is 2.53 bits per heavy atom. The summed E-state index contributed by atoms with van der Waals surface area (Å²) in [5, 5.41) is 1.86. The van der Waals surface area contributed by atoms with Gasteiger partial charge in [-0.05, 0) is 24.8 Å². The van der Waals surface area contributed by atoms with E-state index in [0.29, 0.717) is 23.0 Å². The summed E-state index contributed by atoms with van der Waals surface area (Å²) in [4.78, 5) is 14.8. The first kappa shape index (κ1) is 12.4. The van der Waals surface area contributed by atoms with Gasteiger partial charge in [0, 0.05) is 25.6 Å². The summed E-state index contributed by atoms with van der Waals surface area (Å²) < 4.78 is 5.34. The zero-order chi connectivity index (χ0) is 12.3. The van der Waals surface area contributed by atoms with Crippen LogP contribution in [-0.2, 0) is 4.74 Å². The molecule has 2 heterocycles. The number of ether oxygens (including phenoxy) is 1. The Morgan fingerprint density at radius 1 is 1.71 bits per heavy atom. The topological polar surface area (TPSA) is 55.6 Å². The van der Waals surface area contributed by atoms with Crippen LogP contribution in [0.3, 0.4) is 0 Å². The van der Waals surface area contributed by atoms with Crippen LogP contribution in [0.2, 0.25) is 0 Å². The molecule has 17 heavy (non-hydrogen) atoms. The maximum Gasteiger partial charge on any atom is 0.266 e. The van der Waals surface area contributed by atoms with Crippen molar-refractivity contribution in [2.75, 3.05) is 32.0 Å². The minimum atomic E-state index is 0.0481. The predicted molar refractivity (Wildman–Crippen MR) is 69.2 cm³/mol. The van der Waals surface area contributed by atoms with E-state index in [1.807, 2.05) is 17.2 Å². The lowest BCUT2D eigenvalue weighted by Crippen LogP contribution is -2.35. The van der Waals surface area contributed by atoms with Crippen LogP contribution in [0.5, 0.6) is 0 Å². The van der Waals surface area contributed by atoms with Gasteiger partial charge in [0.1, 0.15) is 4.88 Å². The molecule has 0 radical (unpaired) electrons. The fourth-order valence-electron chi connectivity index (χ4n) is 2.03. The highest BCUT2D eigenvalue weighted by atomic mass is 32.1. The van der Waals surface area contributed by atoms with Crippen molar-refractivity contribution in [3.63, 3.8) is 0 Å². The molecule has 1 unspecified atom stereocenters. The Labute approximate surface area is 105 Å². The molecule has 0 spiro atoms. The molecule has 94 valence electrons. The maximum atomic E-state index is 12.3. The van der Waals surface area contributed by atoms with E-state index in [4.69, 9.17) is 10.5 Å². The van der Waals surface area contributed by atoms with Crippen molar-refractivity contribution in [2.45, 2.75) is 13.3 Å². The third-order valence-corrected chi connectivity index (χ3v) is 3.98. The zero-order valence-electron chi connectivity index (χ0n) is 10.0. The van der Waals surface area contributed by atoms with Crippen molar-refractivity contribution in [1.29, 1.82) is 0 Å². The summed E-state index contributed by atoms with van der Waals surface area (Å²) in [6, 6.07) is 1.78. The third kappa shape index (κ3) is 2.79. The summed E-state index contributed by atoms with van der Waals surface area (Å²) in [5.41, 5.74) is 6.36. The quantitative estimate of drug-likeness (QED) is 0.892. The minimum absolute atomic E-state index is 0.0481. The molecule has 2 N–H and O–H groups in total. The number of thiophene rings is 1. The third-order valence-electron chi connectivity index (χ3n) is 3.06. The Hall–Kier alpha value is -1.07. The standard InChI is InChI=1S/C12H18N2O2S/c1-2-14(7-9-3-5-16-8-9)12(15)11-10(13)4-6-17-11/h4,6,9H,2-3,5,7-8,13H2,1H3. The van der Waals surface area contributed by atoms with Gasteiger partial charge in [-0.1, -0.05) is 0 Å². The normalized spacial score (nSPS) is 19.5. The summed E-state index contributed by atoms with van der Waals surface area (Å²) in [7, 11) is 0. The highest BCUT2D eigenvalue weighted by molar-refractivity contribution is 7.12. The van der Waals surface area contributed by atoms with E-state index in [9.17, 15) is 4.79 Å². The molecule has 0 saturated carbocycles. The monoisotopic (exact) mass is 254 g/mol. The van der Waals surface area contributed by atoms with Crippen LogP contribution in [0.15, 0.2) is 11.4 Å².